The van der Waals surface area contributed by atoms with E-state index in [-0.39, 0.29) is 0 Å². The summed E-state index contributed by atoms with van der Waals surface area (Å²) >= 11 is 0. The second kappa shape index (κ2) is 9.86. The molecule has 0 fully saturated rings. The van der Waals surface area contributed by atoms with Crippen molar-refractivity contribution in [3.8, 4) is 5.75 Å². The van der Waals surface area contributed by atoms with Crippen LogP contribution >= 0.6 is 7.60 Å². The zero-order valence-corrected chi connectivity index (χ0v) is 15.8. The van der Waals surface area contributed by atoms with Gasteiger partial charge in [0.2, 0.25) is 0 Å². The number of benzene rings is 2. The first kappa shape index (κ1) is 19.0. The summed E-state index contributed by atoms with van der Waals surface area (Å²) in [5.74, 6) is 0.649. The van der Waals surface area contributed by atoms with Gasteiger partial charge in [-0.2, -0.15) is 0 Å². The quantitative estimate of drug-likeness (QED) is 0.330. The highest BCUT2D eigenvalue weighted by Gasteiger charge is 2.25. The smallest absolute Gasteiger partial charge is 0.379 e. The van der Waals surface area contributed by atoms with Gasteiger partial charge in [-0.25, -0.2) is 4.57 Å². The van der Waals surface area contributed by atoms with Gasteiger partial charge in [0, 0.05) is 5.39 Å². The molecule has 0 saturated heterocycles. The average Bonchev–Trinajstić information content (AvgIpc) is 2.59. The molecule has 0 amide bonds. The Hall–Kier alpha value is -1.31. The summed E-state index contributed by atoms with van der Waals surface area (Å²) in [4.78, 5) is 0. The summed E-state index contributed by atoms with van der Waals surface area (Å²) in [6.07, 6.45) is 7.39. The molecular weight excluding hydrogens is 319 g/mol. The first-order chi connectivity index (χ1) is 11.7. The Labute approximate surface area is 145 Å². The Bertz CT molecular complexity index is 663. The first-order valence-corrected chi connectivity index (χ1v) is 10.8. The van der Waals surface area contributed by atoms with E-state index in [1.807, 2.05) is 49.4 Å². The van der Waals surface area contributed by atoms with Gasteiger partial charge in [0.05, 0.1) is 12.8 Å². The molecule has 4 heteroatoms. The molecule has 3 nitrogen and oxygen atoms in total. The van der Waals surface area contributed by atoms with Gasteiger partial charge in [0.1, 0.15) is 5.75 Å². The van der Waals surface area contributed by atoms with Crippen LogP contribution in [-0.2, 0) is 9.09 Å². The predicted octanol–water partition coefficient (Wildman–Crippen LogP) is 6.81. The number of hydrogen-bond acceptors (Lipinski definition) is 3. The van der Waals surface area contributed by atoms with Crippen LogP contribution in [0.15, 0.2) is 42.5 Å². The van der Waals surface area contributed by atoms with Crippen molar-refractivity contribution in [1.82, 2.24) is 0 Å². The predicted molar refractivity (Wildman–Crippen MR) is 102 cm³/mol. The molecule has 2 rings (SSSR count). The summed E-state index contributed by atoms with van der Waals surface area (Å²) < 4.78 is 24.5. The standard InChI is InChI=1S/C20H29O3P/c1-3-5-6-7-8-11-17-24(21,22-4-2)23-20-16-12-14-18-13-9-10-15-19(18)20/h9-10,12-16H,3-8,11,17H2,1-2H3. The molecule has 1 unspecified atom stereocenters. The maximum Gasteiger partial charge on any atom is 0.379 e. The van der Waals surface area contributed by atoms with Crippen molar-refractivity contribution in [3.63, 3.8) is 0 Å². The molecule has 2 aromatic carbocycles. The molecule has 0 spiro atoms. The lowest BCUT2D eigenvalue weighted by molar-refractivity contribution is 0.279. The third kappa shape index (κ3) is 5.65. The zero-order valence-electron chi connectivity index (χ0n) is 14.9. The van der Waals surface area contributed by atoms with Crippen molar-refractivity contribution in [2.24, 2.45) is 0 Å². The molecular formula is C20H29O3P. The van der Waals surface area contributed by atoms with Gasteiger partial charge in [-0.3, -0.25) is 0 Å². The third-order valence-electron chi connectivity index (χ3n) is 4.10. The maximum absolute atomic E-state index is 13.1. The molecule has 0 bridgehead atoms. The van der Waals surface area contributed by atoms with E-state index in [1.165, 1.54) is 25.7 Å². The second-order valence-electron chi connectivity index (χ2n) is 6.09. The van der Waals surface area contributed by atoms with E-state index >= 15 is 0 Å². The Kier molecular flexibility index (Phi) is 7.81. The van der Waals surface area contributed by atoms with Crippen molar-refractivity contribution in [3.05, 3.63) is 42.5 Å². The van der Waals surface area contributed by atoms with Crippen LogP contribution in [0.3, 0.4) is 0 Å². The van der Waals surface area contributed by atoms with Gasteiger partial charge in [-0.05, 0) is 24.8 Å². The normalized spacial score (nSPS) is 13.8. The molecule has 0 aromatic heterocycles. The van der Waals surface area contributed by atoms with Crippen LogP contribution in [0.4, 0.5) is 0 Å². The fraction of sp³-hybridized carbons (Fsp3) is 0.500. The van der Waals surface area contributed by atoms with E-state index in [1.54, 1.807) is 0 Å². The third-order valence-corrected chi connectivity index (χ3v) is 6.09. The Morgan fingerprint density at radius 1 is 0.875 bits per heavy atom. The lowest BCUT2D eigenvalue weighted by Crippen LogP contribution is -2.03. The van der Waals surface area contributed by atoms with Crippen LogP contribution in [-0.4, -0.2) is 12.8 Å². The van der Waals surface area contributed by atoms with Gasteiger partial charge in [-0.15, -0.1) is 0 Å². The minimum absolute atomic E-state index is 0.401. The van der Waals surface area contributed by atoms with Crippen molar-refractivity contribution in [2.45, 2.75) is 52.4 Å². The topological polar surface area (TPSA) is 35.5 Å². The molecule has 0 saturated carbocycles. The van der Waals surface area contributed by atoms with Gasteiger partial charge in [0.15, 0.2) is 0 Å². The van der Waals surface area contributed by atoms with Gasteiger partial charge < -0.3 is 9.05 Å². The van der Waals surface area contributed by atoms with E-state index in [9.17, 15) is 4.57 Å². The molecule has 24 heavy (non-hydrogen) atoms. The summed E-state index contributed by atoms with van der Waals surface area (Å²) in [6, 6.07) is 13.8. The largest absolute Gasteiger partial charge is 0.424 e. The van der Waals surface area contributed by atoms with Gasteiger partial charge in [-0.1, -0.05) is 75.4 Å². The zero-order chi connectivity index (χ0) is 17.3. The molecule has 0 radical (unpaired) electrons. The van der Waals surface area contributed by atoms with E-state index in [0.29, 0.717) is 18.5 Å². The van der Waals surface area contributed by atoms with E-state index in [4.69, 9.17) is 9.05 Å². The van der Waals surface area contributed by atoms with Crippen molar-refractivity contribution in [2.75, 3.05) is 12.8 Å². The van der Waals surface area contributed by atoms with E-state index in [2.05, 4.69) is 6.92 Å². The highest BCUT2D eigenvalue weighted by molar-refractivity contribution is 7.54. The average molecular weight is 348 g/mol. The van der Waals surface area contributed by atoms with Crippen LogP contribution in [0, 0.1) is 0 Å². The molecule has 1 atom stereocenters. The fourth-order valence-electron chi connectivity index (χ4n) is 2.84. The van der Waals surface area contributed by atoms with Crippen LogP contribution in [0.1, 0.15) is 52.4 Å². The number of fused-ring (bicyclic) bond motifs is 1. The minimum atomic E-state index is -3.10. The molecule has 2 aromatic rings. The first-order valence-electron chi connectivity index (χ1n) is 9.09. The fourth-order valence-corrected chi connectivity index (χ4v) is 4.58. The molecule has 0 heterocycles. The number of unbranched alkanes of at least 4 members (excludes halogenated alkanes) is 5. The highest BCUT2D eigenvalue weighted by atomic mass is 31.2. The molecule has 0 aliphatic carbocycles. The highest BCUT2D eigenvalue weighted by Crippen LogP contribution is 2.50. The SMILES string of the molecule is CCCCCCCCP(=O)(OCC)Oc1cccc2ccccc12. The summed E-state index contributed by atoms with van der Waals surface area (Å²) in [6.45, 7) is 4.47. The minimum Gasteiger partial charge on any atom is -0.424 e. The van der Waals surface area contributed by atoms with Gasteiger partial charge in [0.25, 0.3) is 0 Å². The summed E-state index contributed by atoms with van der Waals surface area (Å²) in [5, 5.41) is 2.06. The molecule has 132 valence electrons. The summed E-state index contributed by atoms with van der Waals surface area (Å²) in [7, 11) is -3.10. The Balaban J connectivity index is 2.02. The lowest BCUT2D eigenvalue weighted by atomic mass is 10.1. The Morgan fingerprint density at radius 3 is 2.38 bits per heavy atom. The number of hydrogen-bond donors (Lipinski definition) is 0. The van der Waals surface area contributed by atoms with Crippen LogP contribution in [0.5, 0.6) is 5.75 Å². The van der Waals surface area contributed by atoms with Crippen LogP contribution in [0.25, 0.3) is 10.8 Å². The van der Waals surface area contributed by atoms with E-state index < -0.39 is 7.60 Å². The molecule has 0 N–H and O–H groups in total. The second-order valence-corrected chi connectivity index (χ2v) is 8.20. The lowest BCUT2D eigenvalue weighted by Gasteiger charge is -2.19. The van der Waals surface area contributed by atoms with Gasteiger partial charge >= 0.3 is 7.60 Å². The Morgan fingerprint density at radius 2 is 1.58 bits per heavy atom. The summed E-state index contributed by atoms with van der Waals surface area (Å²) in [5.41, 5.74) is 0. The van der Waals surface area contributed by atoms with E-state index in [0.717, 1.165) is 23.6 Å². The molecule has 0 aliphatic heterocycles. The van der Waals surface area contributed by atoms with Crippen LogP contribution < -0.4 is 4.52 Å². The maximum atomic E-state index is 13.1. The monoisotopic (exact) mass is 348 g/mol. The van der Waals surface area contributed by atoms with Crippen molar-refractivity contribution in [1.29, 1.82) is 0 Å². The van der Waals surface area contributed by atoms with Crippen LogP contribution in [0.2, 0.25) is 0 Å². The molecule has 0 aliphatic rings. The van der Waals surface area contributed by atoms with Crippen molar-refractivity contribution >= 4 is 18.4 Å². The number of rotatable bonds is 11. The van der Waals surface area contributed by atoms with Crippen molar-refractivity contribution < 1.29 is 13.6 Å².